The molecule has 4 N–H and O–H groups in total. The summed E-state index contributed by atoms with van der Waals surface area (Å²) in [5.74, 6) is 0.986. The third-order valence-electron chi connectivity index (χ3n) is 5.16. The van der Waals surface area contributed by atoms with E-state index in [1.807, 2.05) is 30.0 Å². The predicted molar refractivity (Wildman–Crippen MR) is 105 cm³/mol. The first-order valence-corrected chi connectivity index (χ1v) is 9.24. The van der Waals surface area contributed by atoms with E-state index >= 15 is 0 Å². The molecule has 1 aromatic heterocycles. The van der Waals surface area contributed by atoms with Crippen molar-refractivity contribution in [1.29, 1.82) is 0 Å². The van der Waals surface area contributed by atoms with E-state index in [0.717, 1.165) is 60.4 Å². The number of hydrogen-bond acceptors (Lipinski definition) is 4. The van der Waals surface area contributed by atoms with E-state index in [9.17, 15) is 4.79 Å². The predicted octanol–water partition coefficient (Wildman–Crippen LogP) is 2.49. The Labute approximate surface area is 157 Å². The van der Waals surface area contributed by atoms with Gasteiger partial charge in [-0.3, -0.25) is 4.79 Å². The lowest BCUT2D eigenvalue weighted by Gasteiger charge is -2.28. The van der Waals surface area contributed by atoms with Crippen molar-refractivity contribution < 1.29 is 9.21 Å². The number of para-hydroxylation sites is 1. The van der Waals surface area contributed by atoms with Crippen molar-refractivity contribution in [3.05, 3.63) is 52.5 Å². The largest absolute Gasteiger partial charge is 0.455 e. The van der Waals surface area contributed by atoms with Crippen molar-refractivity contribution in [3.63, 3.8) is 0 Å². The topological polar surface area (TPSA) is 110 Å². The molecular weight excluding hydrogens is 342 g/mol. The number of nitrogens with zero attached hydrogens (tertiary/aromatic N) is 3. The van der Waals surface area contributed by atoms with Crippen LogP contribution in [0.2, 0.25) is 0 Å². The Morgan fingerprint density at radius 2 is 1.96 bits per heavy atom. The van der Waals surface area contributed by atoms with E-state index in [-0.39, 0.29) is 11.9 Å². The van der Waals surface area contributed by atoms with Gasteiger partial charge in [0.1, 0.15) is 5.76 Å². The van der Waals surface area contributed by atoms with Gasteiger partial charge in [0.2, 0.25) is 5.96 Å². The zero-order valence-corrected chi connectivity index (χ0v) is 15.4. The van der Waals surface area contributed by atoms with E-state index in [1.165, 1.54) is 5.56 Å². The number of carbonyl (C=O) groups excluding carboxylic acids is 1. The molecule has 0 spiro atoms. The second kappa shape index (κ2) is 6.90. The van der Waals surface area contributed by atoms with E-state index in [2.05, 4.69) is 16.3 Å². The van der Waals surface area contributed by atoms with Gasteiger partial charge in [0.15, 0.2) is 5.76 Å². The van der Waals surface area contributed by atoms with Gasteiger partial charge in [-0.1, -0.05) is 18.2 Å². The number of amides is 1. The number of aryl methyl sites for hydroxylation is 2. The Bertz CT molecular complexity index is 953. The second-order valence-electron chi connectivity index (χ2n) is 6.97. The van der Waals surface area contributed by atoms with Crippen LogP contribution >= 0.6 is 0 Å². The molecule has 2 aliphatic rings. The summed E-state index contributed by atoms with van der Waals surface area (Å²) >= 11 is 0. The number of carbonyl (C=O) groups is 1. The highest BCUT2D eigenvalue weighted by molar-refractivity contribution is 6.10. The highest BCUT2D eigenvalue weighted by Crippen LogP contribution is 2.33. The first kappa shape index (κ1) is 17.3. The zero-order chi connectivity index (χ0) is 19.0. The van der Waals surface area contributed by atoms with Crippen LogP contribution in [-0.4, -0.2) is 24.1 Å². The molecule has 1 amide bonds. The summed E-state index contributed by atoms with van der Waals surface area (Å²) in [6, 6.07) is 8.05. The van der Waals surface area contributed by atoms with Gasteiger partial charge in [0.05, 0.1) is 5.71 Å². The average molecular weight is 365 g/mol. The van der Waals surface area contributed by atoms with E-state index in [0.29, 0.717) is 12.3 Å². The fourth-order valence-electron chi connectivity index (χ4n) is 3.96. The number of hydrogen-bond donors (Lipinski definition) is 2. The molecule has 2 heterocycles. The molecule has 0 bridgehead atoms. The van der Waals surface area contributed by atoms with E-state index in [4.69, 9.17) is 15.9 Å². The third kappa shape index (κ3) is 3.09. The van der Waals surface area contributed by atoms with Gasteiger partial charge in [-0.2, -0.15) is 5.10 Å². The monoisotopic (exact) mass is 365 g/mol. The molecule has 4 rings (SSSR count). The molecule has 27 heavy (non-hydrogen) atoms. The van der Waals surface area contributed by atoms with Crippen LogP contribution in [-0.2, 0) is 12.8 Å². The standard InChI is InChI=1S/C20H23N5O2/c1-12-17-14(23-24-20(21)22)8-4-10-16(17)27-18(12)19(26)25-11-5-7-13-6-2-3-9-15(13)25/h2-3,6,9H,4-5,7-8,10-11H2,1H3,(H4,21,22,24)/b23-14+. The third-order valence-corrected chi connectivity index (χ3v) is 5.16. The summed E-state index contributed by atoms with van der Waals surface area (Å²) in [5.41, 5.74) is 15.4. The first-order chi connectivity index (χ1) is 13.1. The van der Waals surface area contributed by atoms with Crippen molar-refractivity contribution in [3.8, 4) is 0 Å². The maximum absolute atomic E-state index is 13.3. The SMILES string of the molecule is Cc1c(C(=O)N2CCCc3ccccc32)oc2c1/C(=N/N=C(N)N)CCC2. The Hall–Kier alpha value is -3.09. The van der Waals surface area contributed by atoms with Gasteiger partial charge in [-0.15, -0.1) is 5.10 Å². The van der Waals surface area contributed by atoms with Gasteiger partial charge in [0.25, 0.3) is 5.91 Å². The van der Waals surface area contributed by atoms with Crippen molar-refractivity contribution in [2.75, 3.05) is 11.4 Å². The molecule has 0 unspecified atom stereocenters. The number of furan rings is 1. The van der Waals surface area contributed by atoms with Crippen LogP contribution < -0.4 is 16.4 Å². The molecule has 1 aromatic carbocycles. The van der Waals surface area contributed by atoms with Crippen LogP contribution in [0.15, 0.2) is 38.9 Å². The maximum Gasteiger partial charge on any atom is 0.294 e. The van der Waals surface area contributed by atoms with Gasteiger partial charge >= 0.3 is 0 Å². The Morgan fingerprint density at radius 1 is 1.15 bits per heavy atom. The highest BCUT2D eigenvalue weighted by Gasteiger charge is 2.32. The molecular formula is C20H23N5O2. The maximum atomic E-state index is 13.3. The number of fused-ring (bicyclic) bond motifs is 2. The van der Waals surface area contributed by atoms with Crippen LogP contribution in [0.5, 0.6) is 0 Å². The summed E-state index contributed by atoms with van der Waals surface area (Å²) in [6.07, 6.45) is 4.35. The lowest BCUT2D eigenvalue weighted by molar-refractivity contribution is 0.0955. The quantitative estimate of drug-likeness (QED) is 0.484. The van der Waals surface area contributed by atoms with Crippen molar-refractivity contribution in [2.24, 2.45) is 21.7 Å². The lowest BCUT2D eigenvalue weighted by atomic mass is 9.93. The van der Waals surface area contributed by atoms with E-state index in [1.54, 1.807) is 0 Å². The minimum Gasteiger partial charge on any atom is -0.455 e. The van der Waals surface area contributed by atoms with Crippen LogP contribution in [0.3, 0.4) is 0 Å². The molecule has 7 nitrogen and oxygen atoms in total. The first-order valence-electron chi connectivity index (χ1n) is 9.24. The number of anilines is 1. The minimum atomic E-state index is -0.102. The van der Waals surface area contributed by atoms with Gasteiger partial charge in [-0.05, 0) is 44.2 Å². The van der Waals surface area contributed by atoms with E-state index < -0.39 is 0 Å². The van der Waals surface area contributed by atoms with Gasteiger partial charge in [0, 0.05) is 29.8 Å². The zero-order valence-electron chi connectivity index (χ0n) is 15.4. The average Bonchev–Trinajstić information content (AvgIpc) is 3.02. The number of guanidine groups is 1. The van der Waals surface area contributed by atoms with Crippen molar-refractivity contribution in [1.82, 2.24) is 0 Å². The second-order valence-corrected chi connectivity index (χ2v) is 6.97. The Morgan fingerprint density at radius 3 is 2.78 bits per heavy atom. The summed E-state index contributed by atoms with van der Waals surface area (Å²) < 4.78 is 6.02. The molecule has 1 aliphatic heterocycles. The summed E-state index contributed by atoms with van der Waals surface area (Å²) in [6.45, 7) is 2.59. The molecule has 0 fully saturated rings. The minimum absolute atomic E-state index is 0.0861. The smallest absolute Gasteiger partial charge is 0.294 e. The summed E-state index contributed by atoms with van der Waals surface area (Å²) in [4.78, 5) is 15.1. The molecule has 0 radical (unpaired) electrons. The number of benzene rings is 1. The van der Waals surface area contributed by atoms with Crippen LogP contribution in [0.1, 0.15) is 52.3 Å². The molecule has 0 atom stereocenters. The van der Waals surface area contributed by atoms with Gasteiger partial charge in [-0.25, -0.2) is 0 Å². The Kier molecular flexibility index (Phi) is 4.43. The van der Waals surface area contributed by atoms with Crippen molar-refractivity contribution >= 4 is 23.3 Å². The Balaban J connectivity index is 1.73. The summed E-state index contributed by atoms with van der Waals surface area (Å²) in [5, 5.41) is 7.96. The molecule has 1 aliphatic carbocycles. The fourth-order valence-corrected chi connectivity index (χ4v) is 3.96. The highest BCUT2D eigenvalue weighted by atomic mass is 16.4. The van der Waals surface area contributed by atoms with Crippen molar-refractivity contribution in [2.45, 2.75) is 39.0 Å². The molecule has 2 aromatic rings. The van der Waals surface area contributed by atoms with Gasteiger partial charge < -0.3 is 20.8 Å². The molecule has 0 saturated heterocycles. The van der Waals surface area contributed by atoms with Crippen LogP contribution in [0.4, 0.5) is 5.69 Å². The fraction of sp³-hybridized carbons (Fsp3) is 0.350. The number of nitrogens with two attached hydrogens (primary N) is 2. The summed E-state index contributed by atoms with van der Waals surface area (Å²) in [7, 11) is 0. The molecule has 140 valence electrons. The lowest BCUT2D eigenvalue weighted by Crippen LogP contribution is -2.35. The molecule has 7 heteroatoms. The van der Waals surface area contributed by atoms with Crippen LogP contribution in [0.25, 0.3) is 0 Å². The van der Waals surface area contributed by atoms with Crippen LogP contribution in [0, 0.1) is 6.92 Å². The number of rotatable bonds is 2. The molecule has 0 saturated carbocycles. The normalized spacial score (nSPS) is 17.4.